The fourth-order valence-electron chi connectivity index (χ4n) is 3.00. The van der Waals surface area contributed by atoms with Crippen molar-refractivity contribution in [3.8, 4) is 0 Å². The summed E-state index contributed by atoms with van der Waals surface area (Å²) in [6.45, 7) is 2.68. The molecule has 0 saturated carbocycles. The molecule has 0 amide bonds. The van der Waals surface area contributed by atoms with E-state index in [0.29, 0.717) is 6.54 Å². The number of para-hydroxylation sites is 1. The Balaban J connectivity index is 2.17. The summed E-state index contributed by atoms with van der Waals surface area (Å²) in [6, 6.07) is 18.7. The molecule has 1 aromatic heterocycles. The van der Waals surface area contributed by atoms with Crippen LogP contribution < -0.4 is 9.80 Å². The Morgan fingerprint density at radius 2 is 1.71 bits per heavy atom. The molecule has 4 heteroatoms. The second kappa shape index (κ2) is 6.89. The van der Waals surface area contributed by atoms with Gasteiger partial charge in [0.05, 0.1) is 6.61 Å². The number of anilines is 3. The zero-order valence-corrected chi connectivity index (χ0v) is 14.4. The van der Waals surface area contributed by atoms with Gasteiger partial charge in [0.25, 0.3) is 0 Å². The quantitative estimate of drug-likeness (QED) is 0.777. The van der Waals surface area contributed by atoms with Crippen LogP contribution in [0, 0.1) is 6.92 Å². The van der Waals surface area contributed by atoms with Crippen molar-refractivity contribution in [2.75, 3.05) is 37.0 Å². The third-order valence-electron chi connectivity index (χ3n) is 4.26. The van der Waals surface area contributed by atoms with E-state index in [9.17, 15) is 5.11 Å². The van der Waals surface area contributed by atoms with Gasteiger partial charge in [-0.2, -0.15) is 0 Å². The molecule has 0 atom stereocenters. The summed E-state index contributed by atoms with van der Waals surface area (Å²) < 4.78 is 0. The minimum absolute atomic E-state index is 0.108. The predicted molar refractivity (Wildman–Crippen MR) is 101 cm³/mol. The molecule has 0 bridgehead atoms. The number of hydrogen-bond donors (Lipinski definition) is 1. The largest absolute Gasteiger partial charge is 0.395 e. The first-order valence-electron chi connectivity index (χ1n) is 8.13. The molecule has 0 aliphatic carbocycles. The first kappa shape index (κ1) is 16.3. The summed E-state index contributed by atoms with van der Waals surface area (Å²) in [5.74, 6) is 0.905. The SMILES string of the molecule is Cc1cc2c(N(C)c3ccccc3)cccc2c(N(C)CCO)n1. The number of hydrogen-bond acceptors (Lipinski definition) is 4. The molecule has 4 nitrogen and oxygen atoms in total. The molecule has 3 aromatic rings. The molecule has 124 valence electrons. The third-order valence-corrected chi connectivity index (χ3v) is 4.26. The normalized spacial score (nSPS) is 10.8. The molecular weight excluding hydrogens is 298 g/mol. The monoisotopic (exact) mass is 321 g/mol. The van der Waals surface area contributed by atoms with Crippen molar-refractivity contribution < 1.29 is 5.11 Å². The smallest absolute Gasteiger partial charge is 0.136 e. The van der Waals surface area contributed by atoms with Crippen LogP contribution in [0.4, 0.5) is 17.2 Å². The first-order chi connectivity index (χ1) is 11.6. The van der Waals surface area contributed by atoms with Crippen molar-refractivity contribution in [2.24, 2.45) is 0 Å². The van der Waals surface area contributed by atoms with E-state index in [1.807, 2.05) is 37.1 Å². The number of aliphatic hydroxyl groups is 1. The predicted octanol–water partition coefficient (Wildman–Crippen LogP) is 3.74. The van der Waals surface area contributed by atoms with Crippen molar-refractivity contribution >= 4 is 28.0 Å². The highest BCUT2D eigenvalue weighted by Crippen LogP contribution is 2.34. The topological polar surface area (TPSA) is 39.6 Å². The minimum Gasteiger partial charge on any atom is -0.395 e. The molecular formula is C20H23N3O. The summed E-state index contributed by atoms with van der Waals surface area (Å²) in [7, 11) is 4.04. The van der Waals surface area contributed by atoms with Crippen LogP contribution in [0.3, 0.4) is 0 Å². The van der Waals surface area contributed by atoms with Crippen molar-refractivity contribution in [1.29, 1.82) is 0 Å². The van der Waals surface area contributed by atoms with Gasteiger partial charge in [-0.3, -0.25) is 0 Å². The van der Waals surface area contributed by atoms with E-state index >= 15 is 0 Å². The van der Waals surface area contributed by atoms with Gasteiger partial charge in [0, 0.05) is 48.5 Å². The van der Waals surface area contributed by atoms with E-state index in [1.54, 1.807) is 0 Å². The van der Waals surface area contributed by atoms with Gasteiger partial charge in [0.15, 0.2) is 0 Å². The lowest BCUT2D eigenvalue weighted by atomic mass is 10.1. The Labute approximate surface area is 143 Å². The minimum atomic E-state index is 0.108. The Morgan fingerprint density at radius 1 is 0.958 bits per heavy atom. The van der Waals surface area contributed by atoms with Gasteiger partial charge in [0.2, 0.25) is 0 Å². The molecule has 0 spiro atoms. The molecule has 0 unspecified atom stereocenters. The van der Waals surface area contributed by atoms with Crippen LogP contribution in [0.15, 0.2) is 54.6 Å². The zero-order chi connectivity index (χ0) is 17.1. The molecule has 0 aliphatic rings. The summed E-state index contributed by atoms with van der Waals surface area (Å²) >= 11 is 0. The first-order valence-corrected chi connectivity index (χ1v) is 8.13. The van der Waals surface area contributed by atoms with Crippen molar-refractivity contribution in [3.05, 3.63) is 60.3 Å². The fourth-order valence-corrected chi connectivity index (χ4v) is 3.00. The van der Waals surface area contributed by atoms with Crippen LogP contribution in [-0.4, -0.2) is 37.3 Å². The van der Waals surface area contributed by atoms with E-state index < -0.39 is 0 Å². The number of aryl methyl sites for hydroxylation is 1. The van der Waals surface area contributed by atoms with Crippen molar-refractivity contribution in [2.45, 2.75) is 6.92 Å². The number of benzene rings is 2. The molecule has 2 aromatic carbocycles. The van der Waals surface area contributed by atoms with Gasteiger partial charge in [-0.15, -0.1) is 0 Å². The highest BCUT2D eigenvalue weighted by Gasteiger charge is 2.14. The molecule has 3 rings (SSSR count). The van der Waals surface area contributed by atoms with Crippen LogP contribution in [0.1, 0.15) is 5.69 Å². The molecule has 1 heterocycles. The molecule has 0 aliphatic heterocycles. The second-order valence-corrected chi connectivity index (χ2v) is 6.00. The number of aliphatic hydroxyl groups excluding tert-OH is 1. The summed E-state index contributed by atoms with van der Waals surface area (Å²) in [5, 5.41) is 11.5. The average molecular weight is 321 g/mol. The van der Waals surface area contributed by atoms with E-state index in [-0.39, 0.29) is 6.61 Å². The van der Waals surface area contributed by atoms with Gasteiger partial charge in [-0.1, -0.05) is 30.3 Å². The van der Waals surface area contributed by atoms with Crippen LogP contribution in [0.5, 0.6) is 0 Å². The maximum Gasteiger partial charge on any atom is 0.136 e. The zero-order valence-electron chi connectivity index (χ0n) is 14.4. The van der Waals surface area contributed by atoms with Gasteiger partial charge >= 0.3 is 0 Å². The standard InChI is InChI=1S/C20H23N3O/c1-15-14-18-17(20(21-15)22(2)12-13-24)10-7-11-19(18)23(3)16-8-5-4-6-9-16/h4-11,14,24H,12-13H2,1-3H3. The maximum absolute atomic E-state index is 9.25. The Bertz CT molecular complexity index is 833. The fraction of sp³-hybridized carbons (Fsp3) is 0.250. The van der Waals surface area contributed by atoms with Crippen LogP contribution in [0.2, 0.25) is 0 Å². The second-order valence-electron chi connectivity index (χ2n) is 6.00. The molecule has 0 fully saturated rings. The Hall–Kier alpha value is -2.59. The number of nitrogens with zero attached hydrogens (tertiary/aromatic N) is 3. The summed E-state index contributed by atoms with van der Waals surface area (Å²) in [6.07, 6.45) is 0. The lowest BCUT2D eigenvalue weighted by molar-refractivity contribution is 0.304. The summed E-state index contributed by atoms with van der Waals surface area (Å²) in [5.41, 5.74) is 3.25. The van der Waals surface area contributed by atoms with Crippen LogP contribution in [-0.2, 0) is 0 Å². The van der Waals surface area contributed by atoms with E-state index in [2.05, 4.69) is 53.3 Å². The van der Waals surface area contributed by atoms with E-state index in [0.717, 1.165) is 33.7 Å². The van der Waals surface area contributed by atoms with Crippen LogP contribution in [0.25, 0.3) is 10.8 Å². The lowest BCUT2D eigenvalue weighted by Crippen LogP contribution is -2.23. The number of likely N-dealkylation sites (N-methyl/N-ethyl adjacent to an activating group) is 1. The number of rotatable bonds is 5. The van der Waals surface area contributed by atoms with Crippen molar-refractivity contribution in [1.82, 2.24) is 4.98 Å². The Kier molecular flexibility index (Phi) is 4.67. The highest BCUT2D eigenvalue weighted by molar-refractivity contribution is 6.01. The maximum atomic E-state index is 9.25. The molecule has 24 heavy (non-hydrogen) atoms. The summed E-state index contributed by atoms with van der Waals surface area (Å²) in [4.78, 5) is 8.88. The molecule has 1 N–H and O–H groups in total. The van der Waals surface area contributed by atoms with Gasteiger partial charge in [0.1, 0.15) is 5.82 Å². The van der Waals surface area contributed by atoms with Gasteiger partial charge in [-0.05, 0) is 31.2 Å². The Morgan fingerprint density at radius 3 is 2.42 bits per heavy atom. The number of fused-ring (bicyclic) bond motifs is 1. The van der Waals surface area contributed by atoms with Crippen LogP contribution >= 0.6 is 0 Å². The third kappa shape index (κ3) is 3.05. The average Bonchev–Trinajstić information content (AvgIpc) is 2.61. The number of aromatic nitrogens is 1. The lowest BCUT2D eigenvalue weighted by Gasteiger charge is -2.24. The van der Waals surface area contributed by atoms with Crippen molar-refractivity contribution in [3.63, 3.8) is 0 Å². The van der Waals surface area contributed by atoms with Gasteiger partial charge < -0.3 is 14.9 Å². The van der Waals surface area contributed by atoms with E-state index in [4.69, 9.17) is 0 Å². The van der Waals surface area contributed by atoms with E-state index in [1.165, 1.54) is 0 Å². The highest BCUT2D eigenvalue weighted by atomic mass is 16.3. The number of pyridine rings is 1. The van der Waals surface area contributed by atoms with Gasteiger partial charge in [-0.25, -0.2) is 4.98 Å². The molecule has 0 saturated heterocycles. The molecule has 0 radical (unpaired) electrons.